The molecule has 0 bridgehead atoms. The zero-order valence-electron chi connectivity index (χ0n) is 14.3. The predicted molar refractivity (Wildman–Crippen MR) is 97.7 cm³/mol. The van der Waals surface area contributed by atoms with E-state index in [1.807, 2.05) is 13.8 Å². The molecule has 25 heavy (non-hydrogen) atoms. The molecule has 1 unspecified atom stereocenters. The SMILES string of the molecule is CCn1nnnc1SC(C)C(=O)Nc1sc2c(c1C#N)CCCCC2. The number of hydrogen-bond acceptors (Lipinski definition) is 7. The molecule has 0 aliphatic heterocycles. The summed E-state index contributed by atoms with van der Waals surface area (Å²) in [5.41, 5.74) is 1.78. The number of nitrogens with one attached hydrogen (secondary N) is 1. The molecule has 0 saturated heterocycles. The van der Waals surface area contributed by atoms with Gasteiger partial charge >= 0.3 is 0 Å². The molecule has 7 nitrogen and oxygen atoms in total. The maximum Gasteiger partial charge on any atom is 0.238 e. The Labute approximate surface area is 154 Å². The number of anilines is 1. The average Bonchev–Trinajstić information content (AvgIpc) is 3.11. The van der Waals surface area contributed by atoms with Gasteiger partial charge in [-0.1, -0.05) is 18.2 Å². The number of aromatic nitrogens is 4. The Hall–Kier alpha value is -1.92. The van der Waals surface area contributed by atoms with Crippen molar-refractivity contribution in [2.75, 3.05) is 5.32 Å². The van der Waals surface area contributed by atoms with Crippen LogP contribution >= 0.6 is 23.1 Å². The first-order valence-electron chi connectivity index (χ1n) is 8.42. The summed E-state index contributed by atoms with van der Waals surface area (Å²) in [6.07, 6.45) is 5.39. The van der Waals surface area contributed by atoms with Crippen molar-refractivity contribution >= 4 is 34.0 Å². The van der Waals surface area contributed by atoms with Gasteiger partial charge in [-0.05, 0) is 55.5 Å². The lowest BCUT2D eigenvalue weighted by Gasteiger charge is -2.10. The van der Waals surface area contributed by atoms with Crippen LogP contribution in [0.2, 0.25) is 0 Å². The highest BCUT2D eigenvalue weighted by Crippen LogP contribution is 2.37. The minimum absolute atomic E-state index is 0.136. The van der Waals surface area contributed by atoms with Gasteiger partial charge in [-0.15, -0.1) is 16.4 Å². The van der Waals surface area contributed by atoms with Gasteiger partial charge in [0.1, 0.15) is 11.1 Å². The van der Waals surface area contributed by atoms with E-state index in [1.54, 1.807) is 16.0 Å². The second kappa shape index (κ2) is 7.97. The normalized spacial score (nSPS) is 15.1. The Morgan fingerprint density at radius 1 is 1.44 bits per heavy atom. The number of rotatable bonds is 5. The van der Waals surface area contributed by atoms with Crippen molar-refractivity contribution in [3.05, 3.63) is 16.0 Å². The van der Waals surface area contributed by atoms with E-state index in [-0.39, 0.29) is 11.2 Å². The summed E-state index contributed by atoms with van der Waals surface area (Å²) < 4.78 is 1.66. The molecular weight excluding hydrogens is 356 g/mol. The first-order valence-corrected chi connectivity index (χ1v) is 10.1. The number of nitrogens with zero attached hydrogens (tertiary/aromatic N) is 5. The monoisotopic (exact) mass is 376 g/mol. The van der Waals surface area contributed by atoms with Gasteiger partial charge in [0, 0.05) is 11.4 Å². The van der Waals surface area contributed by atoms with Crippen molar-refractivity contribution in [1.29, 1.82) is 5.26 Å². The van der Waals surface area contributed by atoms with E-state index >= 15 is 0 Å². The number of fused-ring (bicyclic) bond motifs is 1. The number of carbonyl (C=O) groups is 1. The summed E-state index contributed by atoms with van der Waals surface area (Å²) in [6, 6.07) is 2.29. The molecule has 1 aliphatic rings. The number of tetrazole rings is 1. The zero-order chi connectivity index (χ0) is 17.8. The third kappa shape index (κ3) is 3.85. The fraction of sp³-hybridized carbons (Fsp3) is 0.562. The summed E-state index contributed by atoms with van der Waals surface area (Å²) >= 11 is 2.87. The molecule has 2 heterocycles. The molecule has 1 amide bonds. The van der Waals surface area contributed by atoms with Crippen molar-refractivity contribution in [3.8, 4) is 6.07 Å². The Kier molecular flexibility index (Phi) is 5.71. The lowest BCUT2D eigenvalue weighted by Crippen LogP contribution is -2.23. The Balaban J connectivity index is 1.73. The molecule has 2 aromatic heterocycles. The molecule has 2 aromatic rings. The average molecular weight is 377 g/mol. The van der Waals surface area contributed by atoms with Gasteiger partial charge in [0.05, 0.1) is 10.8 Å². The lowest BCUT2D eigenvalue weighted by atomic mass is 10.1. The number of hydrogen-bond donors (Lipinski definition) is 1. The van der Waals surface area contributed by atoms with Crippen LogP contribution in [0.1, 0.15) is 49.1 Å². The topological polar surface area (TPSA) is 96.5 Å². The summed E-state index contributed by atoms with van der Waals surface area (Å²) in [6.45, 7) is 4.42. The van der Waals surface area contributed by atoms with Crippen molar-refractivity contribution in [3.63, 3.8) is 0 Å². The number of nitriles is 1. The van der Waals surface area contributed by atoms with Crippen molar-refractivity contribution in [2.24, 2.45) is 0 Å². The van der Waals surface area contributed by atoms with Crippen LogP contribution in [0.15, 0.2) is 5.16 Å². The summed E-state index contributed by atoms with van der Waals surface area (Å²) in [5, 5.41) is 24.9. The molecule has 3 rings (SSSR count). The van der Waals surface area contributed by atoms with Gasteiger partial charge in [0.2, 0.25) is 11.1 Å². The molecule has 1 atom stereocenters. The largest absolute Gasteiger partial charge is 0.316 e. The maximum absolute atomic E-state index is 12.6. The minimum Gasteiger partial charge on any atom is -0.316 e. The van der Waals surface area contributed by atoms with Crippen LogP contribution in [0.4, 0.5) is 5.00 Å². The second-order valence-electron chi connectivity index (χ2n) is 5.91. The van der Waals surface area contributed by atoms with Gasteiger partial charge in [0.15, 0.2) is 0 Å². The highest BCUT2D eigenvalue weighted by atomic mass is 32.2. The van der Waals surface area contributed by atoms with E-state index in [2.05, 4.69) is 26.9 Å². The van der Waals surface area contributed by atoms with Crippen molar-refractivity contribution in [2.45, 2.75) is 62.9 Å². The van der Waals surface area contributed by atoms with E-state index in [0.717, 1.165) is 31.2 Å². The molecule has 1 N–H and O–H groups in total. The van der Waals surface area contributed by atoms with E-state index in [0.29, 0.717) is 22.3 Å². The van der Waals surface area contributed by atoms with E-state index in [9.17, 15) is 10.1 Å². The number of thiophene rings is 1. The molecule has 0 spiro atoms. The number of aryl methyl sites for hydroxylation is 2. The van der Waals surface area contributed by atoms with E-state index < -0.39 is 0 Å². The number of amides is 1. The predicted octanol–water partition coefficient (Wildman–Crippen LogP) is 3.01. The first kappa shape index (κ1) is 17.9. The van der Waals surface area contributed by atoms with Crippen LogP contribution in [-0.2, 0) is 24.2 Å². The highest BCUT2D eigenvalue weighted by molar-refractivity contribution is 8.00. The van der Waals surface area contributed by atoms with E-state index in [1.165, 1.54) is 23.1 Å². The zero-order valence-corrected chi connectivity index (χ0v) is 15.9. The molecule has 0 radical (unpaired) electrons. The molecule has 132 valence electrons. The van der Waals surface area contributed by atoms with Crippen molar-refractivity contribution < 1.29 is 4.79 Å². The summed E-state index contributed by atoms with van der Waals surface area (Å²) in [7, 11) is 0. The van der Waals surface area contributed by atoms with Crippen LogP contribution in [0.5, 0.6) is 0 Å². The van der Waals surface area contributed by atoms with Crippen LogP contribution < -0.4 is 5.32 Å². The van der Waals surface area contributed by atoms with E-state index in [4.69, 9.17) is 0 Å². The Morgan fingerprint density at radius 3 is 3.00 bits per heavy atom. The molecule has 0 fully saturated rings. The smallest absolute Gasteiger partial charge is 0.238 e. The van der Waals surface area contributed by atoms with Crippen LogP contribution in [0.3, 0.4) is 0 Å². The summed E-state index contributed by atoms with van der Waals surface area (Å²) in [5.74, 6) is -0.136. The maximum atomic E-state index is 12.6. The van der Waals surface area contributed by atoms with Gasteiger partial charge in [-0.3, -0.25) is 4.79 Å². The van der Waals surface area contributed by atoms with Gasteiger partial charge in [-0.25, -0.2) is 4.68 Å². The first-order chi connectivity index (χ1) is 12.1. The molecule has 1 aliphatic carbocycles. The molecule has 0 aromatic carbocycles. The Morgan fingerprint density at radius 2 is 2.24 bits per heavy atom. The van der Waals surface area contributed by atoms with Crippen LogP contribution in [0.25, 0.3) is 0 Å². The number of thioether (sulfide) groups is 1. The standard InChI is InChI=1S/C16H20N6OS2/c1-3-22-16(19-20-21-22)24-10(2)14(23)18-15-12(9-17)11-7-5-4-6-8-13(11)25-15/h10H,3-8H2,1-2H3,(H,18,23). The third-order valence-electron chi connectivity index (χ3n) is 4.22. The van der Waals surface area contributed by atoms with Gasteiger partial charge < -0.3 is 5.32 Å². The summed E-state index contributed by atoms with van der Waals surface area (Å²) in [4.78, 5) is 13.8. The third-order valence-corrected chi connectivity index (χ3v) is 6.50. The Bertz CT molecular complexity index is 806. The van der Waals surface area contributed by atoms with Crippen LogP contribution in [-0.4, -0.2) is 31.4 Å². The molecular formula is C16H20N6OS2. The number of carbonyl (C=O) groups excluding carboxylic acids is 1. The van der Waals surface area contributed by atoms with Crippen LogP contribution in [0, 0.1) is 11.3 Å². The van der Waals surface area contributed by atoms with Crippen molar-refractivity contribution in [1.82, 2.24) is 20.2 Å². The lowest BCUT2D eigenvalue weighted by molar-refractivity contribution is -0.115. The van der Waals surface area contributed by atoms with Gasteiger partial charge in [-0.2, -0.15) is 5.26 Å². The quantitative estimate of drug-likeness (QED) is 0.636. The fourth-order valence-corrected chi connectivity index (χ4v) is 4.95. The molecule has 0 saturated carbocycles. The second-order valence-corrected chi connectivity index (χ2v) is 8.32. The fourth-order valence-electron chi connectivity index (χ4n) is 2.85. The molecule has 9 heteroatoms. The minimum atomic E-state index is -0.357. The van der Waals surface area contributed by atoms with Gasteiger partial charge in [0.25, 0.3) is 0 Å². The highest BCUT2D eigenvalue weighted by Gasteiger charge is 2.24.